The van der Waals surface area contributed by atoms with E-state index in [1.165, 1.54) is 0 Å². The average molecular weight is 296 g/mol. The Bertz CT molecular complexity index is 56.9. The van der Waals surface area contributed by atoms with Crippen molar-refractivity contribution in [2.75, 3.05) is 6.67 Å². The van der Waals surface area contributed by atoms with Crippen LogP contribution < -0.4 is 0 Å². The van der Waals surface area contributed by atoms with Crippen LogP contribution in [0.5, 0.6) is 0 Å². The molecule has 0 heterocycles. The summed E-state index contributed by atoms with van der Waals surface area (Å²) in [5.74, 6) is -1.09. The molecule has 39 valence electrons. The number of carboxylic acid groups (broad SMARTS) is 1. The summed E-state index contributed by atoms with van der Waals surface area (Å²) in [5.41, 5.74) is 0. The van der Waals surface area contributed by atoms with E-state index in [1.54, 1.807) is 0 Å². The van der Waals surface area contributed by atoms with Crippen molar-refractivity contribution in [1.29, 1.82) is 0 Å². The molecule has 0 unspecified atom stereocenters. The molecule has 7 heavy (non-hydrogen) atoms. The molecule has 0 bridgehead atoms. The minimum absolute atomic E-state index is 0. The van der Waals surface area contributed by atoms with E-state index in [1.807, 2.05) is 0 Å². The van der Waals surface area contributed by atoms with Crippen LogP contribution >= 0.6 is 0 Å². The van der Waals surface area contributed by atoms with E-state index < -0.39 is 12.6 Å². The van der Waals surface area contributed by atoms with Crippen LogP contribution in [0.4, 0.5) is 4.39 Å². The molecule has 0 saturated carbocycles. The van der Waals surface area contributed by atoms with Crippen LogP contribution in [0, 0.1) is 0 Å². The number of carbonyl (C=O) groups is 1. The van der Waals surface area contributed by atoms with Crippen LogP contribution in [0.1, 0.15) is 6.42 Å². The number of rotatable bonds is 2. The number of alkyl halides is 1. The van der Waals surface area contributed by atoms with Gasteiger partial charge in [0, 0.05) is 27.3 Å². The van der Waals surface area contributed by atoms with Gasteiger partial charge in [-0.3, -0.25) is 9.18 Å². The quantitative estimate of drug-likeness (QED) is 0.731. The second kappa shape index (κ2) is 6.32. The number of hydrogen-bond acceptors (Lipinski definition) is 1. The maximum absolute atomic E-state index is 10.9. The average Bonchev–Trinajstić information content (AvgIpc) is 1.35. The Morgan fingerprint density at radius 1 is 1.71 bits per heavy atom. The summed E-state index contributed by atoms with van der Waals surface area (Å²) < 4.78 is 10.9. The van der Waals surface area contributed by atoms with Crippen LogP contribution in [0.25, 0.3) is 0 Å². The Hall–Kier alpha value is 0.322. The fourth-order valence-corrected chi connectivity index (χ4v) is 0.0808. The fraction of sp³-hybridized carbons (Fsp3) is 0.667. The summed E-state index contributed by atoms with van der Waals surface area (Å²) in [4.78, 5) is 9.36. The largest absolute Gasteiger partial charge is 0.481 e. The zero-order valence-corrected chi connectivity index (χ0v) is 8.21. The first-order valence-corrected chi connectivity index (χ1v) is 1.55. The molecule has 0 saturated heterocycles. The maximum Gasteiger partial charge on any atom is 0.305 e. The summed E-state index contributed by atoms with van der Waals surface area (Å²) in [6, 6.07) is 0. The molecule has 0 fully saturated rings. The molecule has 0 amide bonds. The summed E-state index contributed by atoms with van der Waals surface area (Å²) in [7, 11) is 0. The predicted molar refractivity (Wildman–Crippen MR) is 24.0 cm³/mol. The molecule has 0 aromatic heterocycles. The van der Waals surface area contributed by atoms with Crippen molar-refractivity contribution >= 4 is 33.3 Å². The second-order valence-corrected chi connectivity index (χ2v) is 0.833. The Labute approximate surface area is 60.9 Å². The van der Waals surface area contributed by atoms with Crippen molar-refractivity contribution in [2.45, 2.75) is 6.42 Å². The van der Waals surface area contributed by atoms with Crippen LogP contribution in [0.15, 0.2) is 0 Å². The van der Waals surface area contributed by atoms with Gasteiger partial charge in [-0.05, 0) is 0 Å². The van der Waals surface area contributed by atoms with Crippen molar-refractivity contribution < 1.29 is 14.3 Å². The van der Waals surface area contributed by atoms with Crippen molar-refractivity contribution in [1.82, 2.24) is 0 Å². The van der Waals surface area contributed by atoms with Crippen molar-refractivity contribution in [3.8, 4) is 0 Å². The molecular formula is C3H5FO2Tl. The van der Waals surface area contributed by atoms with Gasteiger partial charge in [0.15, 0.2) is 0 Å². The zero-order chi connectivity index (χ0) is 4.99. The molecule has 0 aliphatic carbocycles. The second-order valence-electron chi connectivity index (χ2n) is 0.833. The first-order chi connectivity index (χ1) is 2.77. The van der Waals surface area contributed by atoms with Gasteiger partial charge in [0.05, 0.1) is 13.1 Å². The third-order valence-corrected chi connectivity index (χ3v) is 0.308. The van der Waals surface area contributed by atoms with Crippen molar-refractivity contribution in [3.63, 3.8) is 0 Å². The minimum Gasteiger partial charge on any atom is -0.481 e. The molecule has 1 N–H and O–H groups in total. The summed E-state index contributed by atoms with van der Waals surface area (Å²) in [5, 5.41) is 7.67. The van der Waals surface area contributed by atoms with E-state index in [0.717, 1.165) is 0 Å². The molecule has 0 rings (SSSR count). The molecule has 1 radical (unpaired) electrons. The first-order valence-electron chi connectivity index (χ1n) is 1.55. The van der Waals surface area contributed by atoms with E-state index in [-0.39, 0.29) is 33.7 Å². The van der Waals surface area contributed by atoms with E-state index in [4.69, 9.17) is 5.11 Å². The Kier molecular flexibility index (Phi) is 9.33. The minimum atomic E-state index is -1.09. The number of aliphatic carboxylic acids is 1. The third kappa shape index (κ3) is 10.7. The van der Waals surface area contributed by atoms with Gasteiger partial charge >= 0.3 is 5.97 Å². The molecule has 0 aromatic carbocycles. The van der Waals surface area contributed by atoms with Gasteiger partial charge in [-0.1, -0.05) is 0 Å². The molecule has 0 aliphatic rings. The number of carboxylic acids is 1. The number of halogens is 1. The van der Waals surface area contributed by atoms with E-state index >= 15 is 0 Å². The van der Waals surface area contributed by atoms with Gasteiger partial charge in [0.2, 0.25) is 0 Å². The van der Waals surface area contributed by atoms with Gasteiger partial charge < -0.3 is 5.11 Å². The summed E-state index contributed by atoms with van der Waals surface area (Å²) >= 11 is 0. The first kappa shape index (κ1) is 10.3. The summed E-state index contributed by atoms with van der Waals surface area (Å²) in [6.45, 7) is -0.769. The summed E-state index contributed by atoms with van der Waals surface area (Å²) in [6.07, 6.45) is -0.375. The van der Waals surface area contributed by atoms with Gasteiger partial charge in [-0.15, -0.1) is 0 Å². The molecular weight excluding hydrogens is 291 g/mol. The van der Waals surface area contributed by atoms with E-state index in [0.29, 0.717) is 0 Å². The van der Waals surface area contributed by atoms with Crippen molar-refractivity contribution in [3.05, 3.63) is 0 Å². The van der Waals surface area contributed by atoms with Crippen LogP contribution in [-0.4, -0.2) is 45.0 Å². The van der Waals surface area contributed by atoms with Crippen LogP contribution in [0.2, 0.25) is 0 Å². The monoisotopic (exact) mass is 297 g/mol. The van der Waals surface area contributed by atoms with Gasteiger partial charge in [0.1, 0.15) is 0 Å². The normalized spacial score (nSPS) is 7.00. The third-order valence-electron chi connectivity index (χ3n) is 0.308. The Balaban J connectivity index is 0. The molecule has 0 atom stereocenters. The van der Waals surface area contributed by atoms with Gasteiger partial charge in [0.25, 0.3) is 0 Å². The van der Waals surface area contributed by atoms with E-state index in [9.17, 15) is 9.18 Å². The van der Waals surface area contributed by atoms with Crippen LogP contribution in [-0.2, 0) is 4.79 Å². The van der Waals surface area contributed by atoms with Gasteiger partial charge in [-0.25, -0.2) is 0 Å². The van der Waals surface area contributed by atoms with E-state index in [2.05, 4.69) is 0 Å². The zero-order valence-electron chi connectivity index (χ0n) is 3.72. The topological polar surface area (TPSA) is 37.3 Å². The predicted octanol–water partition coefficient (Wildman–Crippen LogP) is 0.0498. The Morgan fingerprint density at radius 2 is 2.14 bits per heavy atom. The molecule has 4 heteroatoms. The molecule has 0 aliphatic heterocycles. The molecule has 0 aromatic rings. The maximum atomic E-state index is 10.9. The molecule has 0 spiro atoms. The smallest absolute Gasteiger partial charge is 0.305 e. The van der Waals surface area contributed by atoms with Gasteiger partial charge in [-0.2, -0.15) is 0 Å². The van der Waals surface area contributed by atoms with Crippen molar-refractivity contribution in [2.24, 2.45) is 0 Å². The number of hydrogen-bond donors (Lipinski definition) is 1. The SMILES string of the molecule is O=C(O)CCF.[Tl]. The molecule has 2 nitrogen and oxygen atoms in total. The Morgan fingerprint density at radius 3 is 2.14 bits per heavy atom. The van der Waals surface area contributed by atoms with Crippen LogP contribution in [0.3, 0.4) is 0 Å². The fourth-order valence-electron chi connectivity index (χ4n) is 0.0808. The standard InChI is InChI=1S/C3H5FO2.Tl/c4-2-1-3(5)6;/h1-2H2,(H,5,6);.